The van der Waals surface area contributed by atoms with Crippen LogP contribution in [0.4, 0.5) is 10.1 Å². The number of carboxylic acids is 1. The number of carbonyl (C=O) groups is 1. The number of aromatic carboxylic acids is 1. The molecule has 2 N–H and O–H groups in total. The van der Waals surface area contributed by atoms with Crippen molar-refractivity contribution in [2.24, 2.45) is 0 Å². The summed E-state index contributed by atoms with van der Waals surface area (Å²) >= 11 is 0. The van der Waals surface area contributed by atoms with E-state index in [1.165, 1.54) is 6.20 Å². The number of pyridine rings is 1. The van der Waals surface area contributed by atoms with Crippen LogP contribution in [0.5, 0.6) is 0 Å². The number of fused-ring (bicyclic) bond motifs is 1. The molecule has 0 radical (unpaired) electrons. The minimum absolute atomic E-state index is 0.0853. The molecule has 0 amide bonds. The van der Waals surface area contributed by atoms with Gasteiger partial charge in [0.2, 0.25) is 5.43 Å². The van der Waals surface area contributed by atoms with Crippen LogP contribution >= 0.6 is 0 Å². The van der Waals surface area contributed by atoms with E-state index in [9.17, 15) is 24.2 Å². The van der Waals surface area contributed by atoms with Gasteiger partial charge in [0.1, 0.15) is 11.4 Å². The highest BCUT2D eigenvalue weighted by Crippen LogP contribution is 2.39. The number of β-amino-alcohol motifs (C(OH)–C–C–N with tert-alkyl or cyclic N) is 1. The molecule has 2 fully saturated rings. The summed E-state index contributed by atoms with van der Waals surface area (Å²) in [4.78, 5) is 25.6. The highest BCUT2D eigenvalue weighted by Gasteiger charge is 2.38. The molecule has 1 aromatic heterocycles. The van der Waals surface area contributed by atoms with Gasteiger partial charge in [-0.1, -0.05) is 6.92 Å². The Kier molecular flexibility index (Phi) is 3.57. The minimum Gasteiger partial charge on any atom is -0.477 e. The molecule has 1 aromatic carbocycles. The lowest BCUT2D eigenvalue weighted by Crippen LogP contribution is -2.60. The lowest BCUT2D eigenvalue weighted by molar-refractivity contribution is 0.0694. The smallest absolute Gasteiger partial charge is 0.341 e. The molecule has 4 rings (SSSR count). The van der Waals surface area contributed by atoms with Crippen LogP contribution in [0.1, 0.15) is 42.6 Å². The first kappa shape index (κ1) is 16.1. The molecule has 2 aliphatic rings. The summed E-state index contributed by atoms with van der Waals surface area (Å²) < 4.78 is 16.4. The monoisotopic (exact) mass is 346 g/mol. The number of aromatic nitrogens is 1. The van der Waals surface area contributed by atoms with Crippen LogP contribution in [0.3, 0.4) is 0 Å². The van der Waals surface area contributed by atoms with Crippen LogP contribution in [0, 0.1) is 5.82 Å². The van der Waals surface area contributed by atoms with Crippen molar-refractivity contribution in [3.05, 3.63) is 39.9 Å². The summed E-state index contributed by atoms with van der Waals surface area (Å²) in [6.45, 7) is 2.28. The molecule has 1 aliphatic heterocycles. The summed E-state index contributed by atoms with van der Waals surface area (Å²) in [6, 6.07) is 2.75. The summed E-state index contributed by atoms with van der Waals surface area (Å²) in [5.41, 5.74) is -0.107. The first-order chi connectivity index (χ1) is 11.9. The third-order valence-corrected chi connectivity index (χ3v) is 5.23. The van der Waals surface area contributed by atoms with E-state index in [-0.39, 0.29) is 23.0 Å². The normalized spacial score (nSPS) is 22.9. The Balaban J connectivity index is 1.93. The van der Waals surface area contributed by atoms with Gasteiger partial charge in [0.05, 0.1) is 23.3 Å². The summed E-state index contributed by atoms with van der Waals surface area (Å²) in [5.74, 6) is -1.87. The Morgan fingerprint density at radius 1 is 1.36 bits per heavy atom. The summed E-state index contributed by atoms with van der Waals surface area (Å²) in [6.07, 6.45) is 3.38. The summed E-state index contributed by atoms with van der Waals surface area (Å²) in [5, 5.41) is 19.2. The predicted octanol–water partition coefficient (Wildman–Crippen LogP) is 2.13. The van der Waals surface area contributed by atoms with Gasteiger partial charge in [-0.3, -0.25) is 4.79 Å². The van der Waals surface area contributed by atoms with Crippen LogP contribution < -0.4 is 10.3 Å². The van der Waals surface area contributed by atoms with E-state index in [1.807, 2.05) is 6.92 Å². The zero-order chi connectivity index (χ0) is 17.9. The molecular formula is C18H19FN2O4. The lowest BCUT2D eigenvalue weighted by atomic mass is 9.95. The Labute approximate surface area is 143 Å². The van der Waals surface area contributed by atoms with Gasteiger partial charge in [0, 0.05) is 24.2 Å². The molecule has 0 spiro atoms. The number of hydrogen-bond donors (Lipinski definition) is 2. The maximum absolute atomic E-state index is 14.7. The molecule has 2 heterocycles. The van der Waals surface area contributed by atoms with Crippen molar-refractivity contribution < 1.29 is 19.4 Å². The Morgan fingerprint density at radius 2 is 2.08 bits per heavy atom. The zero-order valence-electron chi connectivity index (χ0n) is 13.8. The van der Waals surface area contributed by atoms with E-state index in [0.717, 1.165) is 18.9 Å². The summed E-state index contributed by atoms with van der Waals surface area (Å²) in [7, 11) is 0. The molecule has 2 aromatic rings. The Bertz CT molecular complexity index is 935. The molecule has 25 heavy (non-hydrogen) atoms. The first-order valence-corrected chi connectivity index (χ1v) is 8.48. The number of nitrogens with zero attached hydrogens (tertiary/aromatic N) is 2. The standard InChI is InChI=1S/C18H19FN2O4/c1-2-13-16(22)8-21(13)15-6-14-10(5-12(15)19)17(23)11(18(24)25)7-20(14)9-3-4-9/h5-7,9,13,16,22H,2-4,8H2,1H3,(H,24,25)/t13-,16+/m0/s1. The van der Waals surface area contributed by atoms with Gasteiger partial charge >= 0.3 is 5.97 Å². The fourth-order valence-electron chi connectivity index (χ4n) is 3.68. The molecular weight excluding hydrogens is 327 g/mol. The quantitative estimate of drug-likeness (QED) is 0.886. The number of halogens is 1. The van der Waals surface area contributed by atoms with Crippen molar-refractivity contribution in [2.45, 2.75) is 44.4 Å². The Hall–Kier alpha value is -2.41. The van der Waals surface area contributed by atoms with Gasteiger partial charge in [-0.05, 0) is 31.4 Å². The van der Waals surface area contributed by atoms with Gasteiger partial charge in [-0.15, -0.1) is 0 Å². The fourth-order valence-corrected chi connectivity index (χ4v) is 3.68. The van der Waals surface area contributed by atoms with Crippen molar-refractivity contribution in [1.29, 1.82) is 0 Å². The highest BCUT2D eigenvalue weighted by molar-refractivity contribution is 5.93. The van der Waals surface area contributed by atoms with Crippen LogP contribution in [-0.2, 0) is 0 Å². The third-order valence-electron chi connectivity index (χ3n) is 5.23. The third kappa shape index (κ3) is 2.41. The molecule has 7 heteroatoms. The van der Waals surface area contributed by atoms with Gasteiger partial charge in [0.25, 0.3) is 0 Å². The number of aliphatic hydroxyl groups excluding tert-OH is 1. The van der Waals surface area contributed by atoms with Crippen molar-refractivity contribution in [2.75, 3.05) is 11.4 Å². The van der Waals surface area contributed by atoms with Gasteiger partial charge in [-0.25, -0.2) is 9.18 Å². The number of aliphatic hydroxyl groups is 1. The van der Waals surface area contributed by atoms with E-state index in [2.05, 4.69) is 0 Å². The minimum atomic E-state index is -1.30. The van der Waals surface area contributed by atoms with Gasteiger partial charge in [0.15, 0.2) is 0 Å². The second-order valence-electron chi connectivity index (χ2n) is 6.83. The van der Waals surface area contributed by atoms with Gasteiger partial charge in [-0.2, -0.15) is 0 Å². The second kappa shape index (κ2) is 5.56. The zero-order valence-corrected chi connectivity index (χ0v) is 13.8. The van der Waals surface area contributed by atoms with Crippen molar-refractivity contribution in [1.82, 2.24) is 4.57 Å². The van der Waals surface area contributed by atoms with Crippen molar-refractivity contribution in [3.8, 4) is 0 Å². The van der Waals surface area contributed by atoms with Crippen molar-refractivity contribution >= 4 is 22.6 Å². The molecule has 132 valence electrons. The van der Waals surface area contributed by atoms with Crippen LogP contribution in [0.15, 0.2) is 23.1 Å². The molecule has 0 bridgehead atoms. The van der Waals surface area contributed by atoms with Crippen LogP contribution in [-0.4, -0.2) is 39.4 Å². The SMILES string of the molecule is CC[C@H]1[C@H](O)CN1c1cc2c(cc1F)c(=O)c(C(=O)O)cn2C1CC1. The Morgan fingerprint density at radius 3 is 2.64 bits per heavy atom. The maximum atomic E-state index is 14.7. The average molecular weight is 346 g/mol. The van der Waals surface area contributed by atoms with E-state index < -0.39 is 23.3 Å². The molecule has 6 nitrogen and oxygen atoms in total. The highest BCUT2D eigenvalue weighted by atomic mass is 19.1. The molecule has 1 saturated heterocycles. The van der Waals surface area contributed by atoms with Crippen LogP contribution in [0.25, 0.3) is 10.9 Å². The number of rotatable bonds is 4. The predicted molar refractivity (Wildman–Crippen MR) is 90.8 cm³/mol. The molecule has 1 saturated carbocycles. The molecule has 0 unspecified atom stereocenters. The number of hydrogen-bond acceptors (Lipinski definition) is 4. The number of anilines is 1. The lowest BCUT2D eigenvalue weighted by Gasteiger charge is -2.47. The maximum Gasteiger partial charge on any atom is 0.341 e. The fraction of sp³-hybridized carbons (Fsp3) is 0.444. The van der Waals surface area contributed by atoms with E-state index in [0.29, 0.717) is 24.2 Å². The van der Waals surface area contributed by atoms with Crippen molar-refractivity contribution in [3.63, 3.8) is 0 Å². The average Bonchev–Trinajstić information content (AvgIpc) is 3.38. The number of carboxylic acid groups (broad SMARTS) is 1. The van der Waals surface area contributed by atoms with E-state index in [4.69, 9.17) is 0 Å². The second-order valence-corrected chi connectivity index (χ2v) is 6.83. The molecule has 1 aliphatic carbocycles. The first-order valence-electron chi connectivity index (χ1n) is 8.48. The number of benzene rings is 1. The largest absolute Gasteiger partial charge is 0.477 e. The van der Waals surface area contributed by atoms with E-state index in [1.54, 1.807) is 15.5 Å². The topological polar surface area (TPSA) is 82.8 Å². The molecule has 2 atom stereocenters. The van der Waals surface area contributed by atoms with E-state index >= 15 is 0 Å². The van der Waals surface area contributed by atoms with Gasteiger partial charge < -0.3 is 19.7 Å². The van der Waals surface area contributed by atoms with Crippen LogP contribution in [0.2, 0.25) is 0 Å².